The van der Waals surface area contributed by atoms with E-state index < -0.39 is 0 Å². The van der Waals surface area contributed by atoms with E-state index in [-0.39, 0.29) is 6.04 Å². The molecular formula is C11H14BrN5. The SMILES string of the molecule is Cc1ccc(C(NN)c2cnnn2C)cc1Br. The summed E-state index contributed by atoms with van der Waals surface area (Å²) in [5, 5.41) is 7.77. The van der Waals surface area contributed by atoms with Crippen LogP contribution in [-0.4, -0.2) is 15.0 Å². The van der Waals surface area contributed by atoms with E-state index in [0.717, 1.165) is 15.7 Å². The van der Waals surface area contributed by atoms with E-state index in [9.17, 15) is 0 Å². The van der Waals surface area contributed by atoms with Gasteiger partial charge < -0.3 is 0 Å². The third-order valence-electron chi connectivity index (χ3n) is 2.74. The number of nitrogens with zero attached hydrogens (tertiary/aromatic N) is 3. The average Bonchev–Trinajstić information content (AvgIpc) is 2.71. The molecule has 1 heterocycles. The number of nitrogens with two attached hydrogens (primary N) is 1. The zero-order valence-electron chi connectivity index (χ0n) is 9.68. The second-order valence-electron chi connectivity index (χ2n) is 3.89. The van der Waals surface area contributed by atoms with Crippen molar-refractivity contribution in [2.24, 2.45) is 12.9 Å². The summed E-state index contributed by atoms with van der Waals surface area (Å²) in [6.45, 7) is 2.05. The number of aromatic nitrogens is 3. The fourth-order valence-corrected chi connectivity index (χ4v) is 2.10. The lowest BCUT2D eigenvalue weighted by Crippen LogP contribution is -2.30. The van der Waals surface area contributed by atoms with E-state index in [1.54, 1.807) is 10.9 Å². The first-order valence-electron chi connectivity index (χ1n) is 5.20. The monoisotopic (exact) mass is 295 g/mol. The van der Waals surface area contributed by atoms with Gasteiger partial charge in [0.2, 0.25) is 0 Å². The minimum absolute atomic E-state index is 0.119. The molecule has 0 aliphatic rings. The molecule has 5 nitrogen and oxygen atoms in total. The van der Waals surface area contributed by atoms with Crippen LogP contribution in [0.5, 0.6) is 0 Å². The minimum Gasteiger partial charge on any atom is -0.271 e. The van der Waals surface area contributed by atoms with Gasteiger partial charge in [-0.2, -0.15) is 0 Å². The van der Waals surface area contributed by atoms with E-state index in [0.29, 0.717) is 0 Å². The maximum Gasteiger partial charge on any atom is 0.0895 e. The van der Waals surface area contributed by atoms with Gasteiger partial charge >= 0.3 is 0 Å². The Balaban J connectivity index is 2.42. The first-order valence-corrected chi connectivity index (χ1v) is 5.99. The summed E-state index contributed by atoms with van der Waals surface area (Å²) in [5.74, 6) is 5.62. The first-order chi connectivity index (χ1) is 8.13. The normalized spacial score (nSPS) is 12.7. The van der Waals surface area contributed by atoms with E-state index in [1.165, 1.54) is 5.56 Å². The lowest BCUT2D eigenvalue weighted by molar-refractivity contribution is 0.570. The number of aryl methyl sites for hydroxylation is 2. The number of hydrogen-bond acceptors (Lipinski definition) is 4. The van der Waals surface area contributed by atoms with Gasteiger partial charge in [-0.15, -0.1) is 5.10 Å². The van der Waals surface area contributed by atoms with Gasteiger partial charge in [-0.1, -0.05) is 33.3 Å². The van der Waals surface area contributed by atoms with Crippen LogP contribution in [0.2, 0.25) is 0 Å². The molecule has 0 saturated heterocycles. The lowest BCUT2D eigenvalue weighted by atomic mass is 10.0. The average molecular weight is 296 g/mol. The van der Waals surface area contributed by atoms with Crippen molar-refractivity contribution in [2.75, 3.05) is 0 Å². The summed E-state index contributed by atoms with van der Waals surface area (Å²) in [5.41, 5.74) is 5.96. The predicted molar refractivity (Wildman–Crippen MR) is 69.0 cm³/mol. The molecule has 6 heteroatoms. The van der Waals surface area contributed by atoms with Crippen molar-refractivity contribution < 1.29 is 0 Å². The zero-order valence-corrected chi connectivity index (χ0v) is 11.3. The molecule has 0 bridgehead atoms. The van der Waals surface area contributed by atoms with Crippen LogP contribution in [0.4, 0.5) is 0 Å². The third kappa shape index (κ3) is 2.38. The molecule has 0 aliphatic carbocycles. The fourth-order valence-electron chi connectivity index (χ4n) is 1.70. The van der Waals surface area contributed by atoms with Gasteiger partial charge in [-0.05, 0) is 24.1 Å². The van der Waals surface area contributed by atoms with Gasteiger partial charge in [0.05, 0.1) is 17.9 Å². The Labute approximate surface area is 108 Å². The molecule has 0 spiro atoms. The van der Waals surface area contributed by atoms with Crippen LogP contribution in [-0.2, 0) is 7.05 Å². The number of hydrazine groups is 1. The molecule has 1 unspecified atom stereocenters. The Morgan fingerprint density at radius 2 is 2.24 bits per heavy atom. The van der Waals surface area contributed by atoms with E-state index >= 15 is 0 Å². The molecule has 1 aromatic heterocycles. The summed E-state index contributed by atoms with van der Waals surface area (Å²) in [4.78, 5) is 0. The molecule has 1 atom stereocenters. The lowest BCUT2D eigenvalue weighted by Gasteiger charge is -2.16. The number of nitrogens with one attached hydrogen (secondary N) is 1. The number of halogens is 1. The van der Waals surface area contributed by atoms with Gasteiger partial charge in [-0.25, -0.2) is 5.43 Å². The Morgan fingerprint density at radius 3 is 2.76 bits per heavy atom. The quantitative estimate of drug-likeness (QED) is 0.664. The molecule has 0 aliphatic heterocycles. The standard InChI is InChI=1S/C11H14BrN5/c1-7-3-4-8(5-9(7)12)11(15-13)10-6-14-16-17(10)2/h3-6,11,15H,13H2,1-2H3. The Morgan fingerprint density at radius 1 is 1.47 bits per heavy atom. The molecule has 2 rings (SSSR count). The number of benzene rings is 1. The van der Waals surface area contributed by atoms with Crippen molar-refractivity contribution in [3.8, 4) is 0 Å². The summed E-state index contributed by atoms with van der Waals surface area (Å²) in [6.07, 6.45) is 1.71. The van der Waals surface area contributed by atoms with Crippen molar-refractivity contribution in [1.82, 2.24) is 20.4 Å². The molecule has 3 N–H and O–H groups in total. The molecule has 1 aromatic carbocycles. The first kappa shape index (κ1) is 12.2. The van der Waals surface area contributed by atoms with E-state index in [4.69, 9.17) is 5.84 Å². The summed E-state index contributed by atoms with van der Waals surface area (Å²) in [7, 11) is 1.84. The second kappa shape index (κ2) is 4.95. The smallest absolute Gasteiger partial charge is 0.0895 e. The topological polar surface area (TPSA) is 68.8 Å². The second-order valence-corrected chi connectivity index (χ2v) is 4.75. The molecule has 0 saturated carbocycles. The van der Waals surface area contributed by atoms with Crippen LogP contribution < -0.4 is 11.3 Å². The van der Waals surface area contributed by atoms with E-state index in [2.05, 4.69) is 31.7 Å². The van der Waals surface area contributed by atoms with Gasteiger partial charge in [0.1, 0.15) is 0 Å². The zero-order chi connectivity index (χ0) is 12.4. The highest BCUT2D eigenvalue weighted by molar-refractivity contribution is 9.10. The maximum absolute atomic E-state index is 5.62. The molecule has 90 valence electrons. The van der Waals surface area contributed by atoms with Crippen LogP contribution in [0.1, 0.15) is 22.9 Å². The van der Waals surface area contributed by atoms with Crippen molar-refractivity contribution in [3.05, 3.63) is 45.7 Å². The number of rotatable bonds is 3. The van der Waals surface area contributed by atoms with Crippen molar-refractivity contribution >= 4 is 15.9 Å². The highest BCUT2D eigenvalue weighted by Gasteiger charge is 2.16. The van der Waals surface area contributed by atoms with Crippen LogP contribution >= 0.6 is 15.9 Å². The molecule has 0 amide bonds. The van der Waals surface area contributed by atoms with Gasteiger partial charge in [0.25, 0.3) is 0 Å². The summed E-state index contributed by atoms with van der Waals surface area (Å²) in [6, 6.07) is 6.02. The summed E-state index contributed by atoms with van der Waals surface area (Å²) < 4.78 is 2.77. The highest BCUT2D eigenvalue weighted by Crippen LogP contribution is 2.25. The number of hydrogen-bond donors (Lipinski definition) is 2. The van der Waals surface area contributed by atoms with Crippen molar-refractivity contribution in [2.45, 2.75) is 13.0 Å². The molecule has 17 heavy (non-hydrogen) atoms. The Bertz CT molecular complexity index is 522. The van der Waals surface area contributed by atoms with Crippen LogP contribution in [0, 0.1) is 6.92 Å². The fraction of sp³-hybridized carbons (Fsp3) is 0.273. The van der Waals surface area contributed by atoms with Gasteiger partial charge in [0.15, 0.2) is 0 Å². The molecular weight excluding hydrogens is 282 g/mol. The van der Waals surface area contributed by atoms with Gasteiger partial charge in [-0.3, -0.25) is 10.5 Å². The van der Waals surface area contributed by atoms with E-state index in [1.807, 2.05) is 32.2 Å². The summed E-state index contributed by atoms with van der Waals surface area (Å²) >= 11 is 3.52. The van der Waals surface area contributed by atoms with Crippen molar-refractivity contribution in [1.29, 1.82) is 0 Å². The third-order valence-corrected chi connectivity index (χ3v) is 3.60. The van der Waals surface area contributed by atoms with Crippen molar-refractivity contribution in [3.63, 3.8) is 0 Å². The highest BCUT2D eigenvalue weighted by atomic mass is 79.9. The molecule has 0 fully saturated rings. The minimum atomic E-state index is -0.119. The maximum atomic E-state index is 5.62. The predicted octanol–water partition coefficient (Wildman–Crippen LogP) is 1.44. The van der Waals surface area contributed by atoms with Gasteiger partial charge in [0, 0.05) is 11.5 Å². The van der Waals surface area contributed by atoms with Crippen LogP contribution in [0.15, 0.2) is 28.9 Å². The Kier molecular flexibility index (Phi) is 3.56. The van der Waals surface area contributed by atoms with Crippen LogP contribution in [0.3, 0.4) is 0 Å². The molecule has 0 radical (unpaired) electrons. The molecule has 2 aromatic rings. The largest absolute Gasteiger partial charge is 0.271 e. The Hall–Kier alpha value is -1.24. The van der Waals surface area contributed by atoms with Crippen LogP contribution in [0.25, 0.3) is 0 Å².